The van der Waals surface area contributed by atoms with Gasteiger partial charge in [0.15, 0.2) is 0 Å². The fraction of sp³-hybridized carbons (Fsp3) is 1.00. The quantitative estimate of drug-likeness (QED) is 0.773. The summed E-state index contributed by atoms with van der Waals surface area (Å²) in [6.45, 7) is 3.69. The maximum absolute atomic E-state index is 3.83. The molecule has 0 bridgehead atoms. The summed E-state index contributed by atoms with van der Waals surface area (Å²) in [4.78, 5) is 0. The Morgan fingerprint density at radius 3 is 2.71 bits per heavy atom. The first-order valence-corrected chi connectivity index (χ1v) is 7.27. The molecule has 1 nitrogen and oxygen atoms in total. The highest BCUT2D eigenvalue weighted by molar-refractivity contribution is 7.99. The summed E-state index contributed by atoms with van der Waals surface area (Å²) >= 11 is 2.13. The molecule has 2 aliphatic rings. The van der Waals surface area contributed by atoms with Crippen molar-refractivity contribution in [3.8, 4) is 0 Å². The van der Waals surface area contributed by atoms with Gasteiger partial charge in [0.25, 0.3) is 0 Å². The molecule has 1 saturated carbocycles. The van der Waals surface area contributed by atoms with Gasteiger partial charge in [-0.15, -0.1) is 0 Å². The molecule has 82 valence electrons. The van der Waals surface area contributed by atoms with E-state index in [-0.39, 0.29) is 0 Å². The van der Waals surface area contributed by atoms with Gasteiger partial charge in [-0.1, -0.05) is 19.3 Å². The third kappa shape index (κ3) is 2.90. The van der Waals surface area contributed by atoms with Crippen molar-refractivity contribution < 1.29 is 0 Å². The molecule has 0 aromatic rings. The molecule has 1 aliphatic heterocycles. The highest BCUT2D eigenvalue weighted by atomic mass is 32.2. The number of hydrogen-bond acceptors (Lipinski definition) is 2. The first-order chi connectivity index (χ1) is 6.79. The van der Waals surface area contributed by atoms with Crippen molar-refractivity contribution in [1.82, 2.24) is 5.32 Å². The van der Waals surface area contributed by atoms with E-state index in [1.807, 2.05) is 0 Å². The third-order valence-corrected chi connectivity index (χ3v) is 5.03. The van der Waals surface area contributed by atoms with E-state index < -0.39 is 0 Å². The first-order valence-electron chi connectivity index (χ1n) is 6.11. The van der Waals surface area contributed by atoms with Gasteiger partial charge in [-0.05, 0) is 50.2 Å². The van der Waals surface area contributed by atoms with Crippen molar-refractivity contribution in [3.63, 3.8) is 0 Å². The summed E-state index contributed by atoms with van der Waals surface area (Å²) in [6.07, 6.45) is 8.55. The Balaban J connectivity index is 1.72. The van der Waals surface area contributed by atoms with Gasteiger partial charge in [0.2, 0.25) is 0 Å². The molecule has 1 saturated heterocycles. The van der Waals surface area contributed by atoms with Crippen LogP contribution in [0, 0.1) is 5.92 Å². The van der Waals surface area contributed by atoms with Gasteiger partial charge in [-0.25, -0.2) is 0 Å². The van der Waals surface area contributed by atoms with Crippen LogP contribution in [0.4, 0.5) is 0 Å². The van der Waals surface area contributed by atoms with Crippen molar-refractivity contribution >= 4 is 11.8 Å². The van der Waals surface area contributed by atoms with Crippen LogP contribution in [0.1, 0.15) is 45.4 Å². The van der Waals surface area contributed by atoms with Crippen LogP contribution in [-0.4, -0.2) is 23.6 Å². The van der Waals surface area contributed by atoms with Crippen LogP contribution in [0.25, 0.3) is 0 Å². The maximum Gasteiger partial charge on any atom is 0.0153 e. The number of hydrogen-bond donors (Lipinski definition) is 1. The second-order valence-electron chi connectivity index (χ2n) is 5.23. The fourth-order valence-electron chi connectivity index (χ4n) is 2.64. The van der Waals surface area contributed by atoms with E-state index in [9.17, 15) is 0 Å². The molecule has 14 heavy (non-hydrogen) atoms. The zero-order chi connectivity index (χ0) is 9.86. The van der Waals surface area contributed by atoms with E-state index >= 15 is 0 Å². The Labute approximate surface area is 92.4 Å². The molecule has 1 heterocycles. The highest BCUT2D eigenvalue weighted by Gasteiger charge is 2.27. The van der Waals surface area contributed by atoms with E-state index in [2.05, 4.69) is 24.0 Å². The summed E-state index contributed by atoms with van der Waals surface area (Å²) in [5, 5.41) is 3.83. The van der Waals surface area contributed by atoms with Crippen molar-refractivity contribution in [2.24, 2.45) is 5.92 Å². The maximum atomic E-state index is 3.83. The molecule has 2 heteroatoms. The van der Waals surface area contributed by atoms with E-state index in [1.54, 1.807) is 0 Å². The monoisotopic (exact) mass is 213 g/mol. The minimum Gasteiger partial charge on any atom is -0.311 e. The second kappa shape index (κ2) is 4.89. The van der Waals surface area contributed by atoms with Crippen LogP contribution >= 0.6 is 11.8 Å². The molecule has 0 aromatic carbocycles. The van der Waals surface area contributed by atoms with Crippen LogP contribution in [0.3, 0.4) is 0 Å². The standard InChI is InChI=1S/C12H23NS/c1-12(6-3-2-4-7-12)13-9-11-5-8-14-10-11/h11,13H,2-10H2,1H3. The molecular weight excluding hydrogens is 190 g/mol. The molecule has 1 unspecified atom stereocenters. The summed E-state index contributed by atoms with van der Waals surface area (Å²) in [7, 11) is 0. The Morgan fingerprint density at radius 2 is 2.07 bits per heavy atom. The minimum atomic E-state index is 0.478. The van der Waals surface area contributed by atoms with Crippen molar-refractivity contribution in [1.29, 1.82) is 0 Å². The lowest BCUT2D eigenvalue weighted by atomic mass is 9.83. The van der Waals surface area contributed by atoms with E-state index in [4.69, 9.17) is 0 Å². The van der Waals surface area contributed by atoms with Crippen LogP contribution in [-0.2, 0) is 0 Å². The van der Waals surface area contributed by atoms with E-state index in [0.717, 1.165) is 5.92 Å². The topological polar surface area (TPSA) is 12.0 Å². The van der Waals surface area contributed by atoms with Gasteiger partial charge >= 0.3 is 0 Å². The zero-order valence-electron chi connectivity index (χ0n) is 9.35. The first kappa shape index (κ1) is 10.8. The lowest BCUT2D eigenvalue weighted by Crippen LogP contribution is -2.45. The summed E-state index contributed by atoms with van der Waals surface area (Å²) in [5.74, 6) is 3.74. The lowest BCUT2D eigenvalue weighted by Gasteiger charge is -2.35. The van der Waals surface area contributed by atoms with E-state index in [0.29, 0.717) is 5.54 Å². The molecule has 2 rings (SSSR count). The Bertz CT molecular complexity index is 169. The van der Waals surface area contributed by atoms with Gasteiger partial charge in [0, 0.05) is 5.54 Å². The molecular formula is C12H23NS. The molecule has 1 aliphatic carbocycles. The van der Waals surface area contributed by atoms with Gasteiger partial charge < -0.3 is 5.32 Å². The summed E-state index contributed by atoms with van der Waals surface area (Å²) in [5.41, 5.74) is 0.478. The third-order valence-electron chi connectivity index (χ3n) is 3.80. The molecule has 0 aromatic heterocycles. The van der Waals surface area contributed by atoms with Crippen LogP contribution in [0.2, 0.25) is 0 Å². The minimum absolute atomic E-state index is 0.478. The molecule has 0 spiro atoms. The molecule has 1 N–H and O–H groups in total. The van der Waals surface area contributed by atoms with Crippen molar-refractivity contribution in [2.45, 2.75) is 51.0 Å². The van der Waals surface area contributed by atoms with Gasteiger partial charge in [-0.3, -0.25) is 0 Å². The average Bonchev–Trinajstić information content (AvgIpc) is 2.69. The SMILES string of the molecule is CC1(NCC2CCSC2)CCCCC1. The van der Waals surface area contributed by atoms with Crippen molar-refractivity contribution in [3.05, 3.63) is 0 Å². The largest absolute Gasteiger partial charge is 0.311 e. The predicted octanol–water partition coefficient (Wildman–Crippen LogP) is 3.05. The second-order valence-corrected chi connectivity index (χ2v) is 6.38. The van der Waals surface area contributed by atoms with Crippen molar-refractivity contribution in [2.75, 3.05) is 18.1 Å². The summed E-state index contributed by atoms with van der Waals surface area (Å²) < 4.78 is 0. The van der Waals surface area contributed by atoms with Crippen LogP contribution in [0.5, 0.6) is 0 Å². The fourth-order valence-corrected chi connectivity index (χ4v) is 3.93. The van der Waals surface area contributed by atoms with Gasteiger partial charge in [0.1, 0.15) is 0 Å². The van der Waals surface area contributed by atoms with Gasteiger partial charge in [-0.2, -0.15) is 11.8 Å². The number of thioether (sulfide) groups is 1. The molecule has 0 amide bonds. The number of nitrogens with one attached hydrogen (secondary N) is 1. The normalized spacial score (nSPS) is 31.9. The average molecular weight is 213 g/mol. The van der Waals surface area contributed by atoms with Crippen LogP contribution < -0.4 is 5.32 Å². The Morgan fingerprint density at radius 1 is 1.29 bits per heavy atom. The highest BCUT2D eigenvalue weighted by Crippen LogP contribution is 2.29. The summed E-state index contributed by atoms with van der Waals surface area (Å²) in [6, 6.07) is 0. The predicted molar refractivity (Wildman–Crippen MR) is 64.9 cm³/mol. The van der Waals surface area contributed by atoms with Gasteiger partial charge in [0.05, 0.1) is 0 Å². The van der Waals surface area contributed by atoms with E-state index in [1.165, 1.54) is 56.6 Å². The zero-order valence-corrected chi connectivity index (χ0v) is 10.2. The Kier molecular flexibility index (Phi) is 3.78. The number of rotatable bonds is 3. The molecule has 0 radical (unpaired) electrons. The van der Waals surface area contributed by atoms with Crippen LogP contribution in [0.15, 0.2) is 0 Å². The molecule has 2 fully saturated rings. The smallest absolute Gasteiger partial charge is 0.0153 e. The lowest BCUT2D eigenvalue weighted by molar-refractivity contribution is 0.244. The Hall–Kier alpha value is 0.310. The molecule has 1 atom stereocenters.